The van der Waals surface area contributed by atoms with Crippen LogP contribution in [0.5, 0.6) is 0 Å². The lowest BCUT2D eigenvalue weighted by Crippen LogP contribution is -2.26. The molecule has 118 valence electrons. The second kappa shape index (κ2) is 4.58. The second-order valence-corrected chi connectivity index (χ2v) is 7.32. The maximum absolute atomic E-state index is 6.22. The highest BCUT2D eigenvalue weighted by molar-refractivity contribution is 6.35. The fraction of sp³-hybridized carbons (Fsp3) is 0.412. The molecule has 0 saturated carbocycles. The SMILES string of the molecule is CN1CCC2(CCn3nc(-c4cnc5[nH]cc(Cl)c5c4)cc32)C1. The third-order valence-electron chi connectivity index (χ3n) is 5.45. The van der Waals surface area contributed by atoms with Crippen molar-refractivity contribution in [3.05, 3.63) is 35.2 Å². The van der Waals surface area contributed by atoms with E-state index in [1.165, 1.54) is 25.1 Å². The monoisotopic (exact) mass is 327 g/mol. The van der Waals surface area contributed by atoms with E-state index in [1.54, 1.807) is 6.20 Å². The Morgan fingerprint density at radius 3 is 2.96 bits per heavy atom. The van der Waals surface area contributed by atoms with Crippen molar-refractivity contribution in [2.45, 2.75) is 24.8 Å². The largest absolute Gasteiger partial charge is 0.345 e. The third-order valence-corrected chi connectivity index (χ3v) is 5.76. The van der Waals surface area contributed by atoms with Gasteiger partial charge in [-0.05, 0) is 38.6 Å². The van der Waals surface area contributed by atoms with Crippen LogP contribution < -0.4 is 0 Å². The third kappa shape index (κ3) is 1.90. The number of rotatable bonds is 1. The van der Waals surface area contributed by atoms with Crippen LogP contribution in [0, 0.1) is 0 Å². The van der Waals surface area contributed by atoms with E-state index in [1.807, 2.05) is 6.20 Å². The molecule has 1 unspecified atom stereocenters. The molecule has 1 fully saturated rings. The molecule has 2 aliphatic heterocycles. The summed E-state index contributed by atoms with van der Waals surface area (Å²) in [6.07, 6.45) is 6.09. The van der Waals surface area contributed by atoms with Gasteiger partial charge in [0.2, 0.25) is 0 Å². The van der Waals surface area contributed by atoms with Crippen LogP contribution in [0.15, 0.2) is 24.5 Å². The first-order valence-corrected chi connectivity index (χ1v) is 8.42. The summed E-state index contributed by atoms with van der Waals surface area (Å²) in [5, 5.41) is 6.49. The number of halogens is 1. The maximum Gasteiger partial charge on any atom is 0.138 e. The normalized spacial score (nSPS) is 24.1. The van der Waals surface area contributed by atoms with Gasteiger partial charge < -0.3 is 9.88 Å². The van der Waals surface area contributed by atoms with Crippen molar-refractivity contribution >= 4 is 22.6 Å². The van der Waals surface area contributed by atoms with E-state index in [4.69, 9.17) is 16.7 Å². The average Bonchev–Trinajstić information content (AvgIpc) is 3.28. The molecule has 23 heavy (non-hydrogen) atoms. The molecule has 1 saturated heterocycles. The van der Waals surface area contributed by atoms with Gasteiger partial charge in [-0.2, -0.15) is 5.10 Å². The summed E-state index contributed by atoms with van der Waals surface area (Å²) in [6, 6.07) is 4.34. The van der Waals surface area contributed by atoms with Gasteiger partial charge in [-0.1, -0.05) is 11.6 Å². The number of pyridine rings is 1. The highest BCUT2D eigenvalue weighted by atomic mass is 35.5. The van der Waals surface area contributed by atoms with E-state index in [9.17, 15) is 0 Å². The highest BCUT2D eigenvalue weighted by Crippen LogP contribution is 2.43. The zero-order valence-corrected chi connectivity index (χ0v) is 13.8. The minimum atomic E-state index is 0.295. The Bertz CT molecular complexity index is 911. The van der Waals surface area contributed by atoms with E-state index in [0.717, 1.165) is 35.4 Å². The number of likely N-dealkylation sites (tertiary alicyclic amines) is 1. The summed E-state index contributed by atoms with van der Waals surface area (Å²) in [7, 11) is 2.21. The Labute approximate surface area is 139 Å². The molecule has 5 heterocycles. The van der Waals surface area contributed by atoms with E-state index < -0.39 is 0 Å². The predicted octanol–water partition coefficient (Wildman–Crippen LogP) is 3.06. The van der Waals surface area contributed by atoms with Crippen LogP contribution in [0.25, 0.3) is 22.3 Å². The molecule has 0 aromatic carbocycles. The van der Waals surface area contributed by atoms with Gasteiger partial charge in [0.25, 0.3) is 0 Å². The average molecular weight is 328 g/mol. The molecule has 3 aromatic rings. The summed E-state index contributed by atoms with van der Waals surface area (Å²) in [4.78, 5) is 9.97. The molecule has 2 aliphatic rings. The molecule has 1 N–H and O–H groups in total. The van der Waals surface area contributed by atoms with E-state index >= 15 is 0 Å². The van der Waals surface area contributed by atoms with Crippen molar-refractivity contribution in [1.29, 1.82) is 0 Å². The van der Waals surface area contributed by atoms with E-state index in [-0.39, 0.29) is 0 Å². The number of aromatic nitrogens is 4. The summed E-state index contributed by atoms with van der Waals surface area (Å²) in [5.74, 6) is 0. The van der Waals surface area contributed by atoms with Crippen molar-refractivity contribution in [2.75, 3.05) is 20.1 Å². The first-order valence-electron chi connectivity index (χ1n) is 8.05. The molecule has 0 amide bonds. The molecule has 6 heteroatoms. The number of fused-ring (bicyclic) bond motifs is 3. The van der Waals surface area contributed by atoms with Crippen molar-refractivity contribution in [2.24, 2.45) is 0 Å². The number of nitrogens with zero attached hydrogens (tertiary/aromatic N) is 4. The Kier molecular flexibility index (Phi) is 2.71. The number of nitrogens with one attached hydrogen (secondary N) is 1. The van der Waals surface area contributed by atoms with Crippen molar-refractivity contribution in [1.82, 2.24) is 24.6 Å². The molecule has 0 bridgehead atoms. The number of aromatic amines is 1. The van der Waals surface area contributed by atoms with Gasteiger partial charge in [-0.3, -0.25) is 4.68 Å². The van der Waals surface area contributed by atoms with Gasteiger partial charge in [0.15, 0.2) is 0 Å². The molecule has 1 spiro atoms. The second-order valence-electron chi connectivity index (χ2n) is 6.91. The number of hydrogen-bond acceptors (Lipinski definition) is 3. The van der Waals surface area contributed by atoms with Crippen LogP contribution in [0.4, 0.5) is 0 Å². The van der Waals surface area contributed by atoms with Crippen LogP contribution >= 0.6 is 11.6 Å². The van der Waals surface area contributed by atoms with Crippen LogP contribution in [-0.4, -0.2) is 44.8 Å². The summed E-state index contributed by atoms with van der Waals surface area (Å²) in [6.45, 7) is 3.33. The number of likely N-dealkylation sites (N-methyl/N-ethyl adjacent to an activating group) is 1. The molecule has 5 rings (SSSR count). The van der Waals surface area contributed by atoms with Crippen molar-refractivity contribution in [3.8, 4) is 11.3 Å². The lowest BCUT2D eigenvalue weighted by molar-refractivity contribution is 0.366. The van der Waals surface area contributed by atoms with Gasteiger partial charge >= 0.3 is 0 Å². The number of H-pyrrole nitrogens is 1. The standard InChI is InChI=1S/C17H18ClN5/c1-22-4-2-17(10-22)3-5-23-15(17)7-14(21-23)11-6-12-13(18)9-20-16(12)19-8-11/h6-9H,2-5,10H2,1H3,(H,19,20). The summed E-state index contributed by atoms with van der Waals surface area (Å²) in [5.41, 5.74) is 4.53. The van der Waals surface area contributed by atoms with E-state index in [0.29, 0.717) is 10.4 Å². The fourth-order valence-corrected chi connectivity index (χ4v) is 4.41. The summed E-state index contributed by atoms with van der Waals surface area (Å²) >= 11 is 6.22. The van der Waals surface area contributed by atoms with Crippen LogP contribution in [0.3, 0.4) is 0 Å². The fourth-order valence-electron chi connectivity index (χ4n) is 4.21. The molecular weight excluding hydrogens is 310 g/mol. The van der Waals surface area contributed by atoms with Gasteiger partial charge in [-0.25, -0.2) is 4.98 Å². The molecule has 3 aromatic heterocycles. The van der Waals surface area contributed by atoms with Gasteiger partial charge in [0.1, 0.15) is 5.65 Å². The lowest BCUT2D eigenvalue weighted by atomic mass is 9.82. The minimum Gasteiger partial charge on any atom is -0.345 e. The molecule has 1 atom stereocenters. The quantitative estimate of drug-likeness (QED) is 0.747. The first-order chi connectivity index (χ1) is 11.1. The molecule has 5 nitrogen and oxygen atoms in total. The Morgan fingerprint density at radius 1 is 1.26 bits per heavy atom. The lowest BCUT2D eigenvalue weighted by Gasteiger charge is -2.21. The van der Waals surface area contributed by atoms with Gasteiger partial charge in [0, 0.05) is 47.5 Å². The Balaban J connectivity index is 1.59. The van der Waals surface area contributed by atoms with Crippen LogP contribution in [0.1, 0.15) is 18.5 Å². The van der Waals surface area contributed by atoms with E-state index in [2.05, 4.69) is 38.7 Å². The van der Waals surface area contributed by atoms with Crippen LogP contribution in [0.2, 0.25) is 5.02 Å². The minimum absolute atomic E-state index is 0.295. The van der Waals surface area contributed by atoms with Crippen LogP contribution in [-0.2, 0) is 12.0 Å². The van der Waals surface area contributed by atoms with Gasteiger partial charge in [-0.15, -0.1) is 0 Å². The Morgan fingerprint density at radius 2 is 2.13 bits per heavy atom. The molecule has 0 aliphatic carbocycles. The smallest absolute Gasteiger partial charge is 0.138 e. The van der Waals surface area contributed by atoms with Crippen molar-refractivity contribution < 1.29 is 0 Å². The predicted molar refractivity (Wildman–Crippen MR) is 90.7 cm³/mol. The number of aryl methyl sites for hydroxylation is 1. The topological polar surface area (TPSA) is 49.7 Å². The number of hydrogen-bond donors (Lipinski definition) is 1. The summed E-state index contributed by atoms with van der Waals surface area (Å²) < 4.78 is 2.19. The molecular formula is C17H18ClN5. The highest BCUT2D eigenvalue weighted by Gasteiger charge is 2.44. The zero-order valence-electron chi connectivity index (χ0n) is 13.0. The van der Waals surface area contributed by atoms with Gasteiger partial charge in [0.05, 0.1) is 10.7 Å². The first kappa shape index (κ1) is 13.6. The maximum atomic E-state index is 6.22. The molecule has 0 radical (unpaired) electrons. The van der Waals surface area contributed by atoms with Crippen molar-refractivity contribution in [3.63, 3.8) is 0 Å². The zero-order chi connectivity index (χ0) is 15.6. The Hall–Kier alpha value is -1.85.